The molecule has 2 rings (SSSR count). The van der Waals surface area contributed by atoms with Gasteiger partial charge >= 0.3 is 0 Å². The highest BCUT2D eigenvalue weighted by Gasteiger charge is 2.39. The van der Waals surface area contributed by atoms with Gasteiger partial charge in [-0.25, -0.2) is 0 Å². The Bertz CT molecular complexity index is 523. The second-order valence-corrected chi connectivity index (χ2v) is 6.12. The average molecular weight is 392 g/mol. The number of likely N-dealkylation sites (N-methyl/N-ethyl adjacent to an activating group) is 1. The van der Waals surface area contributed by atoms with Crippen molar-refractivity contribution in [2.45, 2.75) is 32.3 Å². The first-order valence-corrected chi connectivity index (χ1v) is 8.47. The number of nitrogens with zero attached hydrogens (tertiary/aromatic N) is 1. The summed E-state index contributed by atoms with van der Waals surface area (Å²) in [6.07, 6.45) is 1.45. The minimum absolute atomic E-state index is 0. The van der Waals surface area contributed by atoms with Gasteiger partial charge in [0.2, 0.25) is 0 Å². The third-order valence-electron chi connectivity index (χ3n) is 4.63. The maximum atomic E-state index is 12.5. The Balaban J connectivity index is 0.00000288. The van der Waals surface area contributed by atoms with Crippen LogP contribution in [0.3, 0.4) is 0 Å². The molecule has 5 nitrogen and oxygen atoms in total. The lowest BCUT2D eigenvalue weighted by Crippen LogP contribution is -2.55. The molecule has 0 atom stereocenters. The van der Waals surface area contributed by atoms with Crippen molar-refractivity contribution in [3.8, 4) is 0 Å². The SMILES string of the molecule is CCN(CCNC(=O)C1(OC)CCNCC1)c1cccc(C)c1.Cl.Cl. The predicted octanol–water partition coefficient (Wildman–Crippen LogP) is 2.55. The first kappa shape index (κ1) is 24.0. The van der Waals surface area contributed by atoms with E-state index in [4.69, 9.17) is 4.74 Å². The summed E-state index contributed by atoms with van der Waals surface area (Å²) < 4.78 is 5.56. The molecule has 0 aromatic heterocycles. The van der Waals surface area contributed by atoms with Gasteiger partial charge in [0.1, 0.15) is 5.60 Å². The van der Waals surface area contributed by atoms with Crippen LogP contribution in [0.2, 0.25) is 0 Å². The maximum absolute atomic E-state index is 12.5. The van der Waals surface area contributed by atoms with Crippen LogP contribution in [0.1, 0.15) is 25.3 Å². The average Bonchev–Trinajstić information content (AvgIpc) is 2.59. The smallest absolute Gasteiger partial charge is 0.252 e. The fourth-order valence-electron chi connectivity index (χ4n) is 3.11. The molecule has 0 bridgehead atoms. The largest absolute Gasteiger partial charge is 0.370 e. The zero-order valence-electron chi connectivity index (χ0n) is 15.3. The normalized spacial score (nSPS) is 15.5. The number of carbonyl (C=O) groups is 1. The molecular formula is C18H31Cl2N3O2. The van der Waals surface area contributed by atoms with E-state index >= 15 is 0 Å². The van der Waals surface area contributed by atoms with Gasteiger partial charge in [0.05, 0.1) is 0 Å². The van der Waals surface area contributed by atoms with E-state index in [1.165, 1.54) is 11.3 Å². The summed E-state index contributed by atoms with van der Waals surface area (Å²) in [5, 5.41) is 6.33. The van der Waals surface area contributed by atoms with E-state index < -0.39 is 5.60 Å². The number of rotatable bonds is 7. The van der Waals surface area contributed by atoms with Crippen LogP contribution in [-0.2, 0) is 9.53 Å². The molecule has 25 heavy (non-hydrogen) atoms. The van der Waals surface area contributed by atoms with E-state index in [0.717, 1.165) is 39.0 Å². The van der Waals surface area contributed by atoms with E-state index in [1.54, 1.807) is 7.11 Å². The van der Waals surface area contributed by atoms with Crippen molar-refractivity contribution in [3.63, 3.8) is 0 Å². The van der Waals surface area contributed by atoms with Gasteiger partial charge in [-0.15, -0.1) is 24.8 Å². The number of benzene rings is 1. The molecule has 1 aliphatic heterocycles. The zero-order valence-corrected chi connectivity index (χ0v) is 17.0. The Kier molecular flexibility index (Phi) is 11.1. The fraction of sp³-hybridized carbons (Fsp3) is 0.611. The summed E-state index contributed by atoms with van der Waals surface area (Å²) in [7, 11) is 1.63. The molecular weight excluding hydrogens is 361 g/mol. The summed E-state index contributed by atoms with van der Waals surface area (Å²) in [6, 6.07) is 8.45. The Hall–Kier alpha value is -1.01. The second-order valence-electron chi connectivity index (χ2n) is 6.12. The van der Waals surface area contributed by atoms with Gasteiger partial charge in [-0.3, -0.25) is 4.79 Å². The topological polar surface area (TPSA) is 53.6 Å². The van der Waals surface area contributed by atoms with Crippen molar-refractivity contribution in [3.05, 3.63) is 29.8 Å². The zero-order chi connectivity index (χ0) is 16.7. The van der Waals surface area contributed by atoms with Crippen LogP contribution in [-0.4, -0.2) is 51.3 Å². The highest BCUT2D eigenvalue weighted by atomic mass is 35.5. The Morgan fingerprint density at radius 1 is 1.32 bits per heavy atom. The molecule has 0 saturated carbocycles. The van der Waals surface area contributed by atoms with Gasteiger partial charge in [0.15, 0.2) is 0 Å². The van der Waals surface area contributed by atoms with E-state index in [9.17, 15) is 4.79 Å². The molecule has 1 aromatic carbocycles. The van der Waals surface area contributed by atoms with Gasteiger partial charge < -0.3 is 20.3 Å². The van der Waals surface area contributed by atoms with Crippen molar-refractivity contribution >= 4 is 36.4 Å². The first-order valence-electron chi connectivity index (χ1n) is 8.47. The molecule has 1 aliphatic rings. The first-order chi connectivity index (χ1) is 11.1. The number of amides is 1. The monoisotopic (exact) mass is 391 g/mol. The molecule has 1 heterocycles. The predicted molar refractivity (Wildman–Crippen MR) is 108 cm³/mol. The van der Waals surface area contributed by atoms with E-state index in [0.29, 0.717) is 6.54 Å². The number of methoxy groups -OCH3 is 1. The Morgan fingerprint density at radius 3 is 2.56 bits per heavy atom. The van der Waals surface area contributed by atoms with Gasteiger partial charge in [0.25, 0.3) is 5.91 Å². The van der Waals surface area contributed by atoms with Crippen molar-refractivity contribution in [1.82, 2.24) is 10.6 Å². The third-order valence-corrected chi connectivity index (χ3v) is 4.63. The van der Waals surface area contributed by atoms with Gasteiger partial charge in [0, 0.05) is 32.4 Å². The number of halogens is 2. The molecule has 7 heteroatoms. The van der Waals surface area contributed by atoms with Crippen molar-refractivity contribution in [2.75, 3.05) is 44.7 Å². The lowest BCUT2D eigenvalue weighted by atomic mass is 9.91. The molecule has 0 unspecified atom stereocenters. The summed E-state index contributed by atoms with van der Waals surface area (Å²) in [5.74, 6) is 0.0156. The number of carbonyl (C=O) groups excluding carboxylic acids is 1. The molecule has 1 fully saturated rings. The van der Waals surface area contributed by atoms with E-state index in [-0.39, 0.29) is 30.7 Å². The van der Waals surface area contributed by atoms with Crippen LogP contribution in [0.25, 0.3) is 0 Å². The summed E-state index contributed by atoms with van der Waals surface area (Å²) >= 11 is 0. The van der Waals surface area contributed by atoms with Crippen LogP contribution in [0.4, 0.5) is 5.69 Å². The quantitative estimate of drug-likeness (QED) is 0.749. The number of ether oxygens (including phenoxy) is 1. The minimum atomic E-state index is -0.661. The lowest BCUT2D eigenvalue weighted by Gasteiger charge is -2.35. The van der Waals surface area contributed by atoms with Gasteiger partial charge in [-0.05, 0) is 57.5 Å². The van der Waals surface area contributed by atoms with Crippen molar-refractivity contribution < 1.29 is 9.53 Å². The number of hydrogen-bond acceptors (Lipinski definition) is 4. The highest BCUT2D eigenvalue weighted by Crippen LogP contribution is 2.22. The molecule has 0 aliphatic carbocycles. The minimum Gasteiger partial charge on any atom is -0.370 e. The van der Waals surface area contributed by atoms with Gasteiger partial charge in [-0.1, -0.05) is 12.1 Å². The fourth-order valence-corrected chi connectivity index (χ4v) is 3.11. The molecule has 0 spiro atoms. The van der Waals surface area contributed by atoms with Gasteiger partial charge in [-0.2, -0.15) is 0 Å². The number of nitrogens with one attached hydrogen (secondary N) is 2. The van der Waals surface area contributed by atoms with Crippen LogP contribution >= 0.6 is 24.8 Å². The molecule has 2 N–H and O–H groups in total. The molecule has 144 valence electrons. The molecule has 1 aromatic rings. The summed E-state index contributed by atoms with van der Waals surface area (Å²) in [5.41, 5.74) is 1.79. The van der Waals surface area contributed by atoms with Crippen LogP contribution < -0.4 is 15.5 Å². The van der Waals surface area contributed by atoms with Crippen molar-refractivity contribution in [1.29, 1.82) is 0 Å². The number of piperidine rings is 1. The molecule has 1 amide bonds. The van der Waals surface area contributed by atoms with Crippen LogP contribution in [0.15, 0.2) is 24.3 Å². The molecule has 1 saturated heterocycles. The van der Waals surface area contributed by atoms with Crippen molar-refractivity contribution in [2.24, 2.45) is 0 Å². The third kappa shape index (κ3) is 6.33. The standard InChI is InChI=1S/C18H29N3O2.2ClH/c1-4-21(16-7-5-6-15(2)14-16)13-12-20-17(22)18(23-3)8-10-19-11-9-18;;/h5-7,14,19H,4,8-13H2,1-3H3,(H,20,22);2*1H. The molecule has 0 radical (unpaired) electrons. The number of anilines is 1. The Labute approximate surface area is 163 Å². The second kappa shape index (κ2) is 11.6. The highest BCUT2D eigenvalue weighted by molar-refractivity contribution is 5.86. The number of hydrogen-bond donors (Lipinski definition) is 2. The Morgan fingerprint density at radius 2 is 2.00 bits per heavy atom. The van der Waals surface area contributed by atoms with Crippen LogP contribution in [0, 0.1) is 6.92 Å². The summed E-state index contributed by atoms with van der Waals surface area (Å²) in [6.45, 7) is 8.21. The van der Waals surface area contributed by atoms with E-state index in [2.05, 4.69) is 53.6 Å². The van der Waals surface area contributed by atoms with Crippen LogP contribution in [0.5, 0.6) is 0 Å². The lowest BCUT2D eigenvalue weighted by molar-refractivity contribution is -0.146. The number of aryl methyl sites for hydroxylation is 1. The summed E-state index contributed by atoms with van der Waals surface area (Å²) in [4.78, 5) is 14.8. The van der Waals surface area contributed by atoms with E-state index in [1.807, 2.05) is 0 Å². The maximum Gasteiger partial charge on any atom is 0.252 e.